The first kappa shape index (κ1) is 23.1. The number of nitrogens with one attached hydrogen (secondary N) is 1. The van der Waals surface area contributed by atoms with Crippen LogP contribution in [0.1, 0.15) is 23.6 Å². The molecular formula is C30H24ClN3O3. The van der Waals surface area contributed by atoms with Gasteiger partial charge in [0.25, 0.3) is 5.56 Å². The number of nitrogens with zero attached hydrogens (tertiary/aromatic N) is 2. The van der Waals surface area contributed by atoms with Crippen molar-refractivity contribution < 1.29 is 9.53 Å². The predicted octanol–water partition coefficient (Wildman–Crippen LogP) is 6.34. The number of rotatable bonds is 5. The highest BCUT2D eigenvalue weighted by atomic mass is 35.5. The number of carbonyl (C=O) groups excluding carboxylic acids is 1. The lowest BCUT2D eigenvalue weighted by Crippen LogP contribution is -2.27. The molecule has 0 aliphatic carbocycles. The monoisotopic (exact) mass is 509 g/mol. The first-order chi connectivity index (χ1) is 18.0. The van der Waals surface area contributed by atoms with Crippen LogP contribution in [0.2, 0.25) is 5.02 Å². The number of carbonyl (C=O) groups is 1. The molecule has 0 bridgehead atoms. The highest BCUT2D eigenvalue weighted by molar-refractivity contribution is 6.30. The van der Waals surface area contributed by atoms with Crippen molar-refractivity contribution in [3.63, 3.8) is 0 Å². The van der Waals surface area contributed by atoms with E-state index in [9.17, 15) is 9.59 Å². The highest BCUT2D eigenvalue weighted by Crippen LogP contribution is 2.37. The lowest BCUT2D eigenvalue weighted by molar-refractivity contribution is -0.117. The summed E-state index contributed by atoms with van der Waals surface area (Å²) in [4.78, 5) is 27.1. The molecule has 7 heteroatoms. The van der Waals surface area contributed by atoms with Crippen molar-refractivity contribution >= 4 is 34.0 Å². The fourth-order valence-electron chi connectivity index (χ4n) is 4.85. The minimum atomic E-state index is -0.265. The van der Waals surface area contributed by atoms with Gasteiger partial charge in [-0.2, -0.15) is 0 Å². The second-order valence-corrected chi connectivity index (χ2v) is 9.52. The van der Waals surface area contributed by atoms with Crippen LogP contribution in [-0.2, 0) is 24.2 Å². The molecule has 1 N–H and O–H groups in total. The third kappa shape index (κ3) is 4.19. The van der Waals surface area contributed by atoms with E-state index < -0.39 is 0 Å². The molecule has 1 aliphatic heterocycles. The minimum Gasteiger partial charge on any atom is -0.439 e. The number of aromatic nitrogens is 2. The third-order valence-electron chi connectivity index (χ3n) is 6.73. The van der Waals surface area contributed by atoms with Gasteiger partial charge in [-0.1, -0.05) is 67.1 Å². The van der Waals surface area contributed by atoms with Crippen molar-refractivity contribution in [2.24, 2.45) is 0 Å². The van der Waals surface area contributed by atoms with Crippen molar-refractivity contribution in [3.05, 3.63) is 117 Å². The zero-order valence-corrected chi connectivity index (χ0v) is 21.0. The van der Waals surface area contributed by atoms with E-state index >= 15 is 0 Å². The van der Waals surface area contributed by atoms with Gasteiger partial charge in [-0.05, 0) is 53.8 Å². The van der Waals surface area contributed by atoms with Crippen molar-refractivity contribution in [1.29, 1.82) is 0 Å². The number of hydrogen-bond donors (Lipinski definition) is 1. The average Bonchev–Trinajstić information content (AvgIpc) is 3.17. The Morgan fingerprint density at radius 3 is 2.59 bits per heavy atom. The Hall–Kier alpha value is -4.29. The van der Waals surface area contributed by atoms with Crippen molar-refractivity contribution in [2.45, 2.75) is 26.3 Å². The molecule has 4 aromatic carbocycles. The van der Waals surface area contributed by atoms with Crippen LogP contribution in [0, 0.1) is 0 Å². The Kier molecular flexibility index (Phi) is 5.81. The van der Waals surface area contributed by atoms with Gasteiger partial charge in [-0.25, -0.2) is 9.36 Å². The Labute approximate surface area is 218 Å². The number of anilines is 1. The Balaban J connectivity index is 1.42. The molecular weight excluding hydrogens is 486 g/mol. The Morgan fingerprint density at radius 2 is 1.78 bits per heavy atom. The number of amides is 1. The van der Waals surface area contributed by atoms with E-state index in [1.165, 1.54) is 4.68 Å². The van der Waals surface area contributed by atoms with Gasteiger partial charge in [0.1, 0.15) is 12.3 Å². The molecule has 0 saturated carbocycles. The molecule has 5 aromatic rings. The van der Waals surface area contributed by atoms with Gasteiger partial charge in [-0.3, -0.25) is 9.59 Å². The fourth-order valence-corrected chi connectivity index (χ4v) is 5.05. The van der Waals surface area contributed by atoms with Crippen LogP contribution >= 0.6 is 11.6 Å². The van der Waals surface area contributed by atoms with Gasteiger partial charge in [-0.15, -0.1) is 0 Å². The largest absolute Gasteiger partial charge is 0.439 e. The lowest BCUT2D eigenvalue weighted by Gasteiger charge is -2.20. The molecule has 184 valence electrons. The minimum absolute atomic E-state index is 0.105. The SMILES string of the molecule is CCc1ccc(-n2c(=O)c3c(n2CC(=O)Nc2cccc4ccccc24)Oc2ccc(Cl)cc2C3)cc1. The molecule has 1 aromatic heterocycles. The number of hydrogen-bond acceptors (Lipinski definition) is 3. The van der Waals surface area contributed by atoms with Gasteiger partial charge >= 0.3 is 0 Å². The molecule has 0 unspecified atom stereocenters. The summed E-state index contributed by atoms with van der Waals surface area (Å²) in [6.45, 7) is 1.97. The summed E-state index contributed by atoms with van der Waals surface area (Å²) < 4.78 is 9.37. The summed E-state index contributed by atoms with van der Waals surface area (Å²) in [6.07, 6.45) is 1.26. The average molecular weight is 510 g/mol. The van der Waals surface area contributed by atoms with Gasteiger partial charge in [0.05, 0.1) is 11.3 Å². The van der Waals surface area contributed by atoms with Crippen LogP contribution in [0.25, 0.3) is 16.5 Å². The molecule has 1 aliphatic rings. The molecule has 2 heterocycles. The highest BCUT2D eigenvalue weighted by Gasteiger charge is 2.29. The summed E-state index contributed by atoms with van der Waals surface area (Å²) in [7, 11) is 0. The first-order valence-electron chi connectivity index (χ1n) is 12.2. The second-order valence-electron chi connectivity index (χ2n) is 9.08. The van der Waals surface area contributed by atoms with Crippen molar-refractivity contribution in [3.8, 4) is 17.3 Å². The Morgan fingerprint density at radius 1 is 1.00 bits per heavy atom. The maximum atomic E-state index is 13.7. The Bertz CT molecular complexity index is 1710. The van der Waals surface area contributed by atoms with Gasteiger partial charge in [0.2, 0.25) is 11.8 Å². The lowest BCUT2D eigenvalue weighted by atomic mass is 10.0. The summed E-state index contributed by atoms with van der Waals surface area (Å²) in [5, 5.41) is 5.58. The van der Waals surface area contributed by atoms with Crippen LogP contribution in [0.15, 0.2) is 89.7 Å². The first-order valence-corrected chi connectivity index (χ1v) is 12.6. The van der Waals surface area contributed by atoms with E-state index in [1.54, 1.807) is 16.8 Å². The quantitative estimate of drug-likeness (QED) is 0.295. The standard InChI is InChI=1S/C30H24ClN3O3/c1-2-19-10-13-23(14-11-19)34-29(36)25-17-21-16-22(31)12-15-27(21)37-30(25)33(34)18-28(35)32-26-9-5-7-20-6-3-4-8-24(20)26/h3-16H,2,17-18H2,1H3,(H,32,35). The topological polar surface area (TPSA) is 65.3 Å². The van der Waals surface area contributed by atoms with E-state index in [2.05, 4.69) is 12.2 Å². The van der Waals surface area contributed by atoms with Crippen LogP contribution in [0.5, 0.6) is 11.6 Å². The van der Waals surface area contributed by atoms with E-state index in [1.807, 2.05) is 72.8 Å². The maximum absolute atomic E-state index is 13.7. The van der Waals surface area contributed by atoms with Crippen LogP contribution in [-0.4, -0.2) is 15.3 Å². The van der Waals surface area contributed by atoms with E-state index in [-0.39, 0.29) is 18.0 Å². The number of benzene rings is 4. The van der Waals surface area contributed by atoms with Crippen LogP contribution in [0.3, 0.4) is 0 Å². The van der Waals surface area contributed by atoms with E-state index in [0.717, 1.165) is 28.3 Å². The summed E-state index contributed by atoms with van der Waals surface area (Å²) in [5.41, 5.74) is 3.65. The van der Waals surface area contributed by atoms with Crippen molar-refractivity contribution in [1.82, 2.24) is 9.36 Å². The number of fused-ring (bicyclic) bond motifs is 3. The smallest absolute Gasteiger partial charge is 0.278 e. The molecule has 1 amide bonds. The molecule has 37 heavy (non-hydrogen) atoms. The van der Waals surface area contributed by atoms with Crippen LogP contribution in [0.4, 0.5) is 5.69 Å². The van der Waals surface area contributed by atoms with Crippen LogP contribution < -0.4 is 15.6 Å². The normalized spacial score (nSPS) is 12.1. The van der Waals surface area contributed by atoms with E-state index in [4.69, 9.17) is 16.3 Å². The van der Waals surface area contributed by atoms with E-state index in [0.29, 0.717) is 40.0 Å². The number of ether oxygens (including phenoxy) is 1. The number of halogens is 1. The molecule has 0 saturated heterocycles. The summed E-state index contributed by atoms with van der Waals surface area (Å²) in [6, 6.07) is 26.8. The summed E-state index contributed by atoms with van der Waals surface area (Å²) >= 11 is 6.19. The molecule has 0 fully saturated rings. The van der Waals surface area contributed by atoms with Crippen molar-refractivity contribution in [2.75, 3.05) is 5.32 Å². The van der Waals surface area contributed by atoms with Gasteiger partial charge in [0.15, 0.2) is 0 Å². The second kappa shape index (κ2) is 9.30. The zero-order valence-electron chi connectivity index (χ0n) is 20.2. The maximum Gasteiger partial charge on any atom is 0.278 e. The molecule has 0 atom stereocenters. The van der Waals surface area contributed by atoms with Gasteiger partial charge < -0.3 is 10.1 Å². The fraction of sp³-hybridized carbons (Fsp3) is 0.133. The van der Waals surface area contributed by atoms with Gasteiger partial charge in [0, 0.05) is 28.1 Å². The molecule has 0 spiro atoms. The number of aryl methyl sites for hydroxylation is 1. The molecule has 6 rings (SSSR count). The molecule has 6 nitrogen and oxygen atoms in total. The summed E-state index contributed by atoms with van der Waals surface area (Å²) in [5.74, 6) is 0.727. The zero-order chi connectivity index (χ0) is 25.5. The third-order valence-corrected chi connectivity index (χ3v) is 6.96. The predicted molar refractivity (Wildman–Crippen MR) is 146 cm³/mol. The molecule has 0 radical (unpaired) electrons.